The first-order valence-corrected chi connectivity index (χ1v) is 3.71. The highest BCUT2D eigenvalue weighted by atomic mass is 16.3. The summed E-state index contributed by atoms with van der Waals surface area (Å²) < 4.78 is 0. The molecule has 2 rings (SSSR count). The highest BCUT2D eigenvalue weighted by Gasteiger charge is 2.21. The van der Waals surface area contributed by atoms with Crippen molar-refractivity contribution in [2.45, 2.75) is 12.8 Å². The summed E-state index contributed by atoms with van der Waals surface area (Å²) in [5.74, 6) is 1.08. The Kier molecular flexibility index (Phi) is 1.19. The average Bonchev–Trinajstić information content (AvgIpc) is 2.33. The van der Waals surface area contributed by atoms with Gasteiger partial charge in [-0.1, -0.05) is 0 Å². The topological polar surface area (TPSA) is 32.3 Å². The maximum Gasteiger partial charge on any atom is 0.113 e. The summed E-state index contributed by atoms with van der Waals surface area (Å²) in [5, 5.41) is 12.4. The number of hydrogen-bond acceptors (Lipinski definition) is 2. The molecule has 1 saturated heterocycles. The smallest absolute Gasteiger partial charge is 0.113 e. The minimum atomic E-state index is 0.417. The van der Waals surface area contributed by atoms with E-state index in [1.807, 2.05) is 12.2 Å². The molecule has 1 fully saturated rings. The lowest BCUT2D eigenvalue weighted by atomic mass is 9.97. The fourth-order valence-corrected chi connectivity index (χ4v) is 1.59. The normalized spacial score (nSPS) is 30.2. The molecule has 0 aromatic carbocycles. The second-order valence-electron chi connectivity index (χ2n) is 2.88. The van der Waals surface area contributed by atoms with E-state index in [2.05, 4.69) is 5.32 Å². The van der Waals surface area contributed by atoms with E-state index in [1.54, 1.807) is 0 Å². The van der Waals surface area contributed by atoms with Crippen molar-refractivity contribution in [2.75, 3.05) is 6.54 Å². The highest BCUT2D eigenvalue weighted by molar-refractivity contribution is 5.25. The standard InChI is InChI=1S/C8H11NO/c10-7-2-1-6-3-4-9-8(6)5-7/h2,5-6,9-10H,1,3-4H2. The van der Waals surface area contributed by atoms with Crippen LogP contribution in [0.3, 0.4) is 0 Å². The third-order valence-electron chi connectivity index (χ3n) is 2.18. The summed E-state index contributed by atoms with van der Waals surface area (Å²) in [6, 6.07) is 0. The highest BCUT2D eigenvalue weighted by Crippen LogP contribution is 2.27. The van der Waals surface area contributed by atoms with Crippen LogP contribution in [0, 0.1) is 5.92 Å². The van der Waals surface area contributed by atoms with Gasteiger partial charge in [-0.05, 0) is 25.0 Å². The molecule has 2 nitrogen and oxygen atoms in total. The largest absolute Gasteiger partial charge is 0.508 e. The second-order valence-corrected chi connectivity index (χ2v) is 2.88. The third kappa shape index (κ3) is 0.801. The molecule has 1 aliphatic carbocycles. The van der Waals surface area contributed by atoms with Crippen molar-refractivity contribution >= 4 is 0 Å². The Bertz CT molecular complexity index is 205. The van der Waals surface area contributed by atoms with Gasteiger partial charge in [0.15, 0.2) is 0 Å². The van der Waals surface area contributed by atoms with Gasteiger partial charge in [0.05, 0.1) is 0 Å². The van der Waals surface area contributed by atoms with Crippen LogP contribution in [0.25, 0.3) is 0 Å². The molecule has 0 saturated carbocycles. The Labute approximate surface area is 60.2 Å². The summed E-state index contributed by atoms with van der Waals surface area (Å²) in [6.45, 7) is 1.07. The van der Waals surface area contributed by atoms with E-state index in [0.717, 1.165) is 13.0 Å². The van der Waals surface area contributed by atoms with Gasteiger partial charge in [-0.15, -0.1) is 0 Å². The van der Waals surface area contributed by atoms with E-state index >= 15 is 0 Å². The first-order chi connectivity index (χ1) is 4.86. The van der Waals surface area contributed by atoms with Crippen molar-refractivity contribution in [3.63, 3.8) is 0 Å². The summed E-state index contributed by atoms with van der Waals surface area (Å²) in [5.41, 5.74) is 1.22. The van der Waals surface area contributed by atoms with Crippen LogP contribution in [0.2, 0.25) is 0 Å². The van der Waals surface area contributed by atoms with Crippen LogP contribution in [0.4, 0.5) is 0 Å². The van der Waals surface area contributed by atoms with Crippen LogP contribution < -0.4 is 5.32 Å². The van der Waals surface area contributed by atoms with E-state index in [9.17, 15) is 0 Å². The number of fused-ring (bicyclic) bond motifs is 1. The fraction of sp³-hybridized carbons (Fsp3) is 0.500. The molecule has 1 atom stereocenters. The number of aliphatic hydroxyl groups excluding tert-OH is 1. The van der Waals surface area contributed by atoms with Gasteiger partial charge < -0.3 is 10.4 Å². The average molecular weight is 137 g/mol. The number of nitrogens with one attached hydrogen (secondary N) is 1. The molecule has 0 aromatic rings. The van der Waals surface area contributed by atoms with E-state index in [0.29, 0.717) is 11.7 Å². The van der Waals surface area contributed by atoms with Crippen molar-refractivity contribution in [1.29, 1.82) is 0 Å². The van der Waals surface area contributed by atoms with Crippen molar-refractivity contribution in [1.82, 2.24) is 5.32 Å². The van der Waals surface area contributed by atoms with Crippen LogP contribution in [-0.4, -0.2) is 11.7 Å². The maximum atomic E-state index is 9.10. The van der Waals surface area contributed by atoms with Crippen molar-refractivity contribution in [3.8, 4) is 0 Å². The zero-order chi connectivity index (χ0) is 6.97. The van der Waals surface area contributed by atoms with E-state index in [1.165, 1.54) is 12.1 Å². The lowest BCUT2D eigenvalue weighted by Gasteiger charge is -2.12. The monoisotopic (exact) mass is 137 g/mol. The molecule has 0 spiro atoms. The maximum absolute atomic E-state index is 9.10. The van der Waals surface area contributed by atoms with Crippen LogP contribution >= 0.6 is 0 Å². The number of aliphatic hydroxyl groups is 1. The molecule has 1 heterocycles. The van der Waals surface area contributed by atoms with Crippen LogP contribution in [0.5, 0.6) is 0 Å². The Hall–Kier alpha value is -0.920. The van der Waals surface area contributed by atoms with Crippen molar-refractivity contribution in [3.05, 3.63) is 23.6 Å². The predicted molar refractivity (Wildman–Crippen MR) is 39.5 cm³/mol. The Morgan fingerprint density at radius 3 is 3.40 bits per heavy atom. The molecular formula is C8H11NO. The quantitative estimate of drug-likeness (QED) is 0.528. The third-order valence-corrected chi connectivity index (χ3v) is 2.18. The molecule has 54 valence electrons. The molecule has 10 heavy (non-hydrogen) atoms. The van der Waals surface area contributed by atoms with Gasteiger partial charge in [-0.2, -0.15) is 0 Å². The van der Waals surface area contributed by atoms with Gasteiger partial charge in [-0.3, -0.25) is 0 Å². The Morgan fingerprint density at radius 2 is 2.50 bits per heavy atom. The van der Waals surface area contributed by atoms with Crippen LogP contribution in [0.15, 0.2) is 23.6 Å². The number of hydrogen-bond donors (Lipinski definition) is 2. The van der Waals surface area contributed by atoms with E-state index in [4.69, 9.17) is 5.11 Å². The summed E-state index contributed by atoms with van der Waals surface area (Å²) in [6.07, 6.45) is 5.95. The summed E-state index contributed by atoms with van der Waals surface area (Å²) >= 11 is 0. The molecular weight excluding hydrogens is 126 g/mol. The van der Waals surface area contributed by atoms with Gasteiger partial charge in [0.2, 0.25) is 0 Å². The predicted octanol–water partition coefficient (Wildman–Crippen LogP) is 1.33. The molecule has 0 bridgehead atoms. The summed E-state index contributed by atoms with van der Waals surface area (Å²) in [7, 11) is 0. The van der Waals surface area contributed by atoms with Crippen LogP contribution in [0.1, 0.15) is 12.8 Å². The zero-order valence-electron chi connectivity index (χ0n) is 5.80. The van der Waals surface area contributed by atoms with Gasteiger partial charge in [0.1, 0.15) is 5.76 Å². The molecule has 0 aromatic heterocycles. The zero-order valence-corrected chi connectivity index (χ0v) is 5.80. The van der Waals surface area contributed by atoms with E-state index < -0.39 is 0 Å². The minimum Gasteiger partial charge on any atom is -0.508 e. The Morgan fingerprint density at radius 1 is 1.60 bits per heavy atom. The minimum absolute atomic E-state index is 0.417. The first kappa shape index (κ1) is 5.83. The first-order valence-electron chi connectivity index (χ1n) is 3.71. The second kappa shape index (κ2) is 2.04. The fourth-order valence-electron chi connectivity index (χ4n) is 1.59. The molecule has 2 N–H and O–H groups in total. The van der Waals surface area contributed by atoms with Gasteiger partial charge in [0.25, 0.3) is 0 Å². The Balaban J connectivity index is 2.24. The number of rotatable bonds is 0. The SMILES string of the molecule is OC1=CCC2CCNC2=C1. The molecule has 1 aliphatic heterocycles. The van der Waals surface area contributed by atoms with Gasteiger partial charge in [0, 0.05) is 18.2 Å². The van der Waals surface area contributed by atoms with Crippen LogP contribution in [-0.2, 0) is 0 Å². The molecule has 0 radical (unpaired) electrons. The van der Waals surface area contributed by atoms with Crippen molar-refractivity contribution < 1.29 is 5.11 Å². The molecule has 0 amide bonds. The molecule has 2 aliphatic rings. The number of allylic oxidation sites excluding steroid dienone is 3. The lowest BCUT2D eigenvalue weighted by Crippen LogP contribution is -2.09. The molecule has 1 unspecified atom stereocenters. The van der Waals surface area contributed by atoms with Crippen molar-refractivity contribution in [2.24, 2.45) is 5.92 Å². The summed E-state index contributed by atoms with van der Waals surface area (Å²) in [4.78, 5) is 0. The lowest BCUT2D eigenvalue weighted by molar-refractivity contribution is 0.418. The van der Waals surface area contributed by atoms with E-state index in [-0.39, 0.29) is 0 Å². The van der Waals surface area contributed by atoms with Gasteiger partial charge >= 0.3 is 0 Å². The molecule has 2 heteroatoms. The van der Waals surface area contributed by atoms with Gasteiger partial charge in [-0.25, -0.2) is 0 Å².